The van der Waals surface area contributed by atoms with E-state index in [2.05, 4.69) is 0 Å². The second kappa shape index (κ2) is 1.95. The second-order valence-electron chi connectivity index (χ2n) is 2.90. The molecule has 2 atom stereocenters. The van der Waals surface area contributed by atoms with Gasteiger partial charge in [-0.1, -0.05) is 34.8 Å². The van der Waals surface area contributed by atoms with E-state index in [0.717, 1.165) is 19.3 Å². The van der Waals surface area contributed by atoms with Crippen LogP contribution in [0.5, 0.6) is 0 Å². The fourth-order valence-electron chi connectivity index (χ4n) is 1.45. The third kappa shape index (κ3) is 0.953. The van der Waals surface area contributed by atoms with Gasteiger partial charge in [-0.05, 0) is 19.3 Å². The molecule has 1 saturated heterocycles. The predicted octanol–water partition coefficient (Wildman–Crippen LogP) is 2.68. The molecule has 1 aliphatic heterocycles. The van der Waals surface area contributed by atoms with Crippen molar-refractivity contribution in [2.45, 2.75) is 34.8 Å². The van der Waals surface area contributed by atoms with E-state index >= 15 is 0 Å². The summed E-state index contributed by atoms with van der Waals surface area (Å²) in [6.07, 6.45) is 2.47. The topological polar surface area (TPSA) is 12.5 Å². The van der Waals surface area contributed by atoms with Crippen LogP contribution < -0.4 is 0 Å². The normalized spacial score (nSPS) is 50.1. The highest BCUT2D eigenvalue weighted by Gasteiger charge is 2.66. The molecular weight excluding hydrogens is 194 g/mol. The molecule has 4 heteroatoms. The van der Waals surface area contributed by atoms with Gasteiger partial charge in [-0.15, -0.1) is 0 Å². The molecule has 2 aliphatic rings. The Hall–Kier alpha value is 0.830. The Morgan fingerprint density at radius 3 is 2.40 bits per heavy atom. The van der Waals surface area contributed by atoms with Gasteiger partial charge in [0.25, 0.3) is 0 Å². The smallest absolute Gasteiger partial charge is 0.171 e. The molecule has 0 aromatic heterocycles. The zero-order valence-corrected chi connectivity index (χ0v) is 7.51. The maximum Gasteiger partial charge on any atom is 0.171 e. The molecule has 2 rings (SSSR count). The summed E-state index contributed by atoms with van der Waals surface area (Å²) in [5.74, 6) is 0. The fraction of sp³-hybridized carbons (Fsp3) is 1.00. The van der Waals surface area contributed by atoms with Gasteiger partial charge >= 0.3 is 0 Å². The number of rotatable bonds is 0. The summed E-state index contributed by atoms with van der Waals surface area (Å²) in [4.78, 5) is 0. The summed E-state index contributed by atoms with van der Waals surface area (Å²) in [6, 6.07) is 0. The molecule has 1 heterocycles. The monoisotopic (exact) mass is 200 g/mol. The minimum absolute atomic E-state index is 0.140. The van der Waals surface area contributed by atoms with Crippen LogP contribution in [0.15, 0.2) is 0 Å². The zero-order chi connectivity index (χ0) is 7.41. The Bertz CT molecular complexity index is 170. The molecule has 0 N–H and O–H groups in total. The van der Waals surface area contributed by atoms with Gasteiger partial charge < -0.3 is 4.74 Å². The summed E-state index contributed by atoms with van der Waals surface area (Å²) >= 11 is 17.8. The van der Waals surface area contributed by atoms with Crippen LogP contribution in [0.25, 0.3) is 0 Å². The van der Waals surface area contributed by atoms with Gasteiger partial charge in [-0.25, -0.2) is 0 Å². The van der Waals surface area contributed by atoms with Crippen molar-refractivity contribution in [1.82, 2.24) is 0 Å². The van der Waals surface area contributed by atoms with E-state index in [4.69, 9.17) is 39.5 Å². The first-order valence-corrected chi connectivity index (χ1v) is 4.43. The van der Waals surface area contributed by atoms with Crippen molar-refractivity contribution < 1.29 is 4.74 Å². The maximum absolute atomic E-state index is 5.94. The van der Waals surface area contributed by atoms with E-state index in [1.807, 2.05) is 0 Å². The molecule has 0 radical (unpaired) electrons. The first-order valence-electron chi connectivity index (χ1n) is 3.29. The number of epoxide rings is 1. The Morgan fingerprint density at radius 1 is 1.20 bits per heavy atom. The minimum atomic E-state index is -0.736. The largest absolute Gasteiger partial charge is 0.346 e. The molecule has 0 aromatic rings. The van der Waals surface area contributed by atoms with E-state index in [9.17, 15) is 0 Å². The third-order valence-electron chi connectivity index (χ3n) is 2.06. The zero-order valence-electron chi connectivity index (χ0n) is 5.24. The maximum atomic E-state index is 5.94. The van der Waals surface area contributed by atoms with Crippen LogP contribution in [0.4, 0.5) is 0 Å². The third-order valence-corrected chi connectivity index (χ3v) is 3.31. The SMILES string of the molecule is ClC1(Cl)CCCC2(Cl)OC12. The lowest BCUT2D eigenvalue weighted by molar-refractivity contribution is 0.349. The van der Waals surface area contributed by atoms with Crippen LogP contribution in [0.3, 0.4) is 0 Å². The van der Waals surface area contributed by atoms with Crippen LogP contribution in [0, 0.1) is 0 Å². The molecule has 2 fully saturated rings. The van der Waals surface area contributed by atoms with E-state index in [1.54, 1.807) is 0 Å². The number of hydrogen-bond acceptors (Lipinski definition) is 1. The van der Waals surface area contributed by atoms with Gasteiger partial charge in [0.2, 0.25) is 0 Å². The highest BCUT2D eigenvalue weighted by Crippen LogP contribution is 2.59. The molecular formula is C6H7Cl3O. The van der Waals surface area contributed by atoms with Gasteiger partial charge in [0.1, 0.15) is 10.4 Å². The predicted molar refractivity (Wildman–Crippen MR) is 41.7 cm³/mol. The fourth-order valence-corrected chi connectivity index (χ4v) is 2.68. The Labute approximate surface area is 74.6 Å². The lowest BCUT2D eigenvalue weighted by atomic mass is 9.99. The van der Waals surface area contributed by atoms with Crippen LogP contribution in [0.2, 0.25) is 0 Å². The average Bonchev–Trinajstić information content (AvgIpc) is 2.41. The van der Waals surface area contributed by atoms with Crippen molar-refractivity contribution in [2.24, 2.45) is 0 Å². The minimum Gasteiger partial charge on any atom is -0.346 e. The van der Waals surface area contributed by atoms with Crippen molar-refractivity contribution >= 4 is 34.8 Å². The lowest BCUT2D eigenvalue weighted by Crippen LogP contribution is -2.30. The van der Waals surface area contributed by atoms with Crippen molar-refractivity contribution in [2.75, 3.05) is 0 Å². The number of hydrogen-bond donors (Lipinski definition) is 0. The highest BCUT2D eigenvalue weighted by molar-refractivity contribution is 6.50. The van der Waals surface area contributed by atoms with Gasteiger partial charge in [-0.3, -0.25) is 0 Å². The summed E-state index contributed by atoms with van der Waals surface area (Å²) < 4.78 is 4.45. The van der Waals surface area contributed by atoms with E-state index in [0.29, 0.717) is 0 Å². The standard InChI is InChI=1S/C6H7Cl3O/c7-5(8)2-1-3-6(9)4(5)10-6/h4H,1-3H2. The molecule has 0 bridgehead atoms. The second-order valence-corrected chi connectivity index (χ2v) is 5.08. The molecule has 0 aromatic carbocycles. The molecule has 58 valence electrons. The van der Waals surface area contributed by atoms with Gasteiger partial charge in [0.05, 0.1) is 0 Å². The summed E-state index contributed by atoms with van der Waals surface area (Å²) in [5, 5.41) is -0.512. The highest BCUT2D eigenvalue weighted by atomic mass is 35.5. The van der Waals surface area contributed by atoms with Crippen LogP contribution in [-0.4, -0.2) is 15.5 Å². The van der Waals surface area contributed by atoms with Crippen LogP contribution in [0.1, 0.15) is 19.3 Å². The lowest BCUT2D eigenvalue weighted by Gasteiger charge is -2.22. The molecule has 1 aliphatic carbocycles. The molecule has 0 amide bonds. The quantitative estimate of drug-likeness (QED) is 0.434. The number of fused-ring (bicyclic) bond motifs is 1. The van der Waals surface area contributed by atoms with Crippen molar-refractivity contribution in [1.29, 1.82) is 0 Å². The van der Waals surface area contributed by atoms with Gasteiger partial charge in [-0.2, -0.15) is 0 Å². The Kier molecular flexibility index (Phi) is 1.46. The van der Waals surface area contributed by atoms with Crippen LogP contribution >= 0.6 is 34.8 Å². The van der Waals surface area contributed by atoms with E-state index in [1.165, 1.54) is 0 Å². The van der Waals surface area contributed by atoms with E-state index < -0.39 is 9.39 Å². The molecule has 10 heavy (non-hydrogen) atoms. The van der Waals surface area contributed by atoms with E-state index in [-0.39, 0.29) is 6.10 Å². The molecule has 1 nitrogen and oxygen atoms in total. The number of ether oxygens (including phenoxy) is 1. The first-order chi connectivity index (χ1) is 4.55. The summed E-state index contributed by atoms with van der Waals surface area (Å²) in [6.45, 7) is 0. The first kappa shape index (κ1) is 7.48. The number of halogens is 3. The molecule has 1 saturated carbocycles. The Morgan fingerprint density at radius 2 is 1.90 bits per heavy atom. The number of alkyl halides is 3. The summed E-state index contributed by atoms with van der Waals surface area (Å²) in [5.41, 5.74) is 0. The van der Waals surface area contributed by atoms with Crippen molar-refractivity contribution in [3.63, 3.8) is 0 Å². The Balaban J connectivity index is 2.16. The van der Waals surface area contributed by atoms with Crippen LogP contribution in [-0.2, 0) is 4.74 Å². The average molecular weight is 201 g/mol. The van der Waals surface area contributed by atoms with Crippen molar-refractivity contribution in [3.8, 4) is 0 Å². The summed E-state index contributed by atoms with van der Waals surface area (Å²) in [7, 11) is 0. The molecule has 2 unspecified atom stereocenters. The van der Waals surface area contributed by atoms with Gasteiger partial charge in [0.15, 0.2) is 5.06 Å². The molecule has 0 spiro atoms. The van der Waals surface area contributed by atoms with Crippen molar-refractivity contribution in [3.05, 3.63) is 0 Å². The van der Waals surface area contributed by atoms with Gasteiger partial charge in [0, 0.05) is 0 Å².